The van der Waals surface area contributed by atoms with E-state index in [4.69, 9.17) is 10.5 Å². The van der Waals surface area contributed by atoms with Gasteiger partial charge in [0.25, 0.3) is 0 Å². The Kier molecular flexibility index (Phi) is 5.11. The molecule has 4 nitrogen and oxygen atoms in total. The number of ether oxygens (including phenoxy) is 1. The number of rotatable bonds is 6. The molecule has 0 atom stereocenters. The molecule has 0 radical (unpaired) electrons. The molecule has 0 fully saturated rings. The molecule has 0 saturated carbocycles. The van der Waals surface area contributed by atoms with Crippen molar-refractivity contribution in [1.82, 2.24) is 9.97 Å². The normalized spacial score (nSPS) is 10.4. The van der Waals surface area contributed by atoms with Gasteiger partial charge in [-0.05, 0) is 25.5 Å². The van der Waals surface area contributed by atoms with Crippen molar-refractivity contribution in [3.05, 3.63) is 23.8 Å². The summed E-state index contributed by atoms with van der Waals surface area (Å²) in [6, 6.07) is 0. The van der Waals surface area contributed by atoms with Crippen molar-refractivity contribution >= 4 is 0 Å². The van der Waals surface area contributed by atoms with Gasteiger partial charge in [-0.3, -0.25) is 0 Å². The van der Waals surface area contributed by atoms with Gasteiger partial charge in [-0.25, -0.2) is 9.97 Å². The van der Waals surface area contributed by atoms with Crippen LogP contribution < -0.4 is 5.73 Å². The summed E-state index contributed by atoms with van der Waals surface area (Å²) in [6.45, 7) is 4.05. The Bertz CT molecular complexity index is 248. The molecule has 14 heavy (non-hydrogen) atoms. The van der Waals surface area contributed by atoms with Crippen LogP contribution in [0.2, 0.25) is 0 Å². The summed E-state index contributed by atoms with van der Waals surface area (Å²) >= 11 is 0. The lowest BCUT2D eigenvalue weighted by Gasteiger charge is -2.01. The van der Waals surface area contributed by atoms with Gasteiger partial charge in [0.15, 0.2) is 0 Å². The van der Waals surface area contributed by atoms with Crippen molar-refractivity contribution in [2.75, 3.05) is 19.8 Å². The van der Waals surface area contributed by atoms with Crippen LogP contribution in [0.1, 0.15) is 18.3 Å². The topological polar surface area (TPSA) is 61.0 Å². The SMILES string of the molecule is CCOCCc1ncc(CCN)cn1. The van der Waals surface area contributed by atoms with Gasteiger partial charge in [0.05, 0.1) is 6.61 Å². The summed E-state index contributed by atoms with van der Waals surface area (Å²) in [5.41, 5.74) is 6.51. The number of hydrogen-bond donors (Lipinski definition) is 1. The minimum atomic E-state index is 0.641. The van der Waals surface area contributed by atoms with Crippen LogP contribution in [0, 0.1) is 0 Å². The Hall–Kier alpha value is -1.00. The number of nitrogens with two attached hydrogens (primary N) is 1. The quantitative estimate of drug-likeness (QED) is 0.674. The van der Waals surface area contributed by atoms with Gasteiger partial charge in [0, 0.05) is 25.4 Å². The van der Waals surface area contributed by atoms with Crippen LogP contribution in [0.25, 0.3) is 0 Å². The van der Waals surface area contributed by atoms with Crippen LogP contribution in [-0.2, 0) is 17.6 Å². The second-order valence-electron chi connectivity index (χ2n) is 2.99. The molecule has 1 heterocycles. The first-order valence-electron chi connectivity index (χ1n) is 4.94. The van der Waals surface area contributed by atoms with E-state index >= 15 is 0 Å². The molecule has 2 N–H and O–H groups in total. The number of nitrogens with zero attached hydrogens (tertiary/aromatic N) is 2. The molecule has 1 aromatic rings. The maximum atomic E-state index is 5.42. The third-order valence-electron chi connectivity index (χ3n) is 1.87. The van der Waals surface area contributed by atoms with Crippen molar-refractivity contribution in [3.63, 3.8) is 0 Å². The van der Waals surface area contributed by atoms with Crippen LogP contribution in [-0.4, -0.2) is 29.7 Å². The highest BCUT2D eigenvalue weighted by molar-refractivity contribution is 5.05. The summed E-state index contributed by atoms with van der Waals surface area (Å²) in [5, 5.41) is 0. The van der Waals surface area contributed by atoms with Crippen molar-refractivity contribution in [3.8, 4) is 0 Å². The van der Waals surface area contributed by atoms with Crippen LogP contribution in [0.5, 0.6) is 0 Å². The molecule has 0 bridgehead atoms. The van der Waals surface area contributed by atoms with Crippen molar-refractivity contribution in [2.24, 2.45) is 5.73 Å². The zero-order valence-electron chi connectivity index (χ0n) is 8.57. The van der Waals surface area contributed by atoms with E-state index in [0.717, 1.165) is 30.8 Å². The molecule has 0 aromatic carbocycles. The summed E-state index contributed by atoms with van der Waals surface area (Å²) < 4.78 is 5.22. The molecule has 0 spiro atoms. The Morgan fingerprint density at radius 2 is 2.00 bits per heavy atom. The Labute approximate surface area is 84.5 Å². The highest BCUT2D eigenvalue weighted by Gasteiger charge is 1.97. The molecule has 0 saturated heterocycles. The van der Waals surface area contributed by atoms with Gasteiger partial charge < -0.3 is 10.5 Å². The van der Waals surface area contributed by atoms with E-state index in [9.17, 15) is 0 Å². The minimum absolute atomic E-state index is 0.641. The summed E-state index contributed by atoms with van der Waals surface area (Å²) in [7, 11) is 0. The molecule has 1 rings (SSSR count). The van der Waals surface area contributed by atoms with E-state index in [1.807, 2.05) is 19.3 Å². The fourth-order valence-corrected chi connectivity index (χ4v) is 1.11. The molecule has 1 aromatic heterocycles. The third-order valence-corrected chi connectivity index (χ3v) is 1.87. The van der Waals surface area contributed by atoms with E-state index in [0.29, 0.717) is 13.2 Å². The van der Waals surface area contributed by atoms with Crippen molar-refractivity contribution in [1.29, 1.82) is 0 Å². The maximum Gasteiger partial charge on any atom is 0.130 e. The summed E-state index contributed by atoms with van der Waals surface area (Å²) in [4.78, 5) is 8.44. The predicted octanol–water partition coefficient (Wildman–Crippen LogP) is 0.557. The molecule has 0 aliphatic carbocycles. The summed E-state index contributed by atoms with van der Waals surface area (Å²) in [5.74, 6) is 0.833. The van der Waals surface area contributed by atoms with Gasteiger partial charge in [-0.2, -0.15) is 0 Å². The molecule has 4 heteroatoms. The first-order chi connectivity index (χ1) is 6.86. The molecule has 0 aliphatic heterocycles. The molecular formula is C10H17N3O. The van der Waals surface area contributed by atoms with E-state index in [1.54, 1.807) is 0 Å². The van der Waals surface area contributed by atoms with E-state index in [2.05, 4.69) is 9.97 Å². The zero-order valence-corrected chi connectivity index (χ0v) is 8.57. The Morgan fingerprint density at radius 1 is 1.29 bits per heavy atom. The highest BCUT2D eigenvalue weighted by Crippen LogP contribution is 1.97. The maximum absolute atomic E-state index is 5.42. The first-order valence-corrected chi connectivity index (χ1v) is 4.94. The fourth-order valence-electron chi connectivity index (χ4n) is 1.11. The average Bonchev–Trinajstić information content (AvgIpc) is 2.21. The van der Waals surface area contributed by atoms with E-state index in [1.165, 1.54) is 0 Å². The van der Waals surface area contributed by atoms with Gasteiger partial charge >= 0.3 is 0 Å². The second-order valence-corrected chi connectivity index (χ2v) is 2.99. The largest absolute Gasteiger partial charge is 0.381 e. The average molecular weight is 195 g/mol. The van der Waals surface area contributed by atoms with Crippen LogP contribution in [0.3, 0.4) is 0 Å². The number of hydrogen-bond acceptors (Lipinski definition) is 4. The van der Waals surface area contributed by atoms with Gasteiger partial charge in [-0.1, -0.05) is 0 Å². The van der Waals surface area contributed by atoms with Gasteiger partial charge in [-0.15, -0.1) is 0 Å². The molecule has 0 unspecified atom stereocenters. The fraction of sp³-hybridized carbons (Fsp3) is 0.600. The Morgan fingerprint density at radius 3 is 2.57 bits per heavy atom. The minimum Gasteiger partial charge on any atom is -0.381 e. The lowest BCUT2D eigenvalue weighted by molar-refractivity contribution is 0.149. The van der Waals surface area contributed by atoms with Crippen molar-refractivity contribution in [2.45, 2.75) is 19.8 Å². The van der Waals surface area contributed by atoms with Crippen molar-refractivity contribution < 1.29 is 4.74 Å². The Balaban J connectivity index is 2.38. The molecule has 0 aliphatic rings. The summed E-state index contributed by atoms with van der Waals surface area (Å²) in [6.07, 6.45) is 5.28. The van der Waals surface area contributed by atoms with Gasteiger partial charge in [0.1, 0.15) is 5.82 Å². The zero-order chi connectivity index (χ0) is 10.2. The predicted molar refractivity (Wildman–Crippen MR) is 55.0 cm³/mol. The smallest absolute Gasteiger partial charge is 0.130 e. The van der Waals surface area contributed by atoms with Crippen LogP contribution in [0.15, 0.2) is 12.4 Å². The van der Waals surface area contributed by atoms with Gasteiger partial charge in [0.2, 0.25) is 0 Å². The lowest BCUT2D eigenvalue weighted by atomic mass is 10.2. The monoisotopic (exact) mass is 195 g/mol. The molecule has 78 valence electrons. The lowest BCUT2D eigenvalue weighted by Crippen LogP contribution is -2.06. The standard InChI is InChI=1S/C10H17N3O/c1-2-14-6-4-10-12-7-9(3-5-11)8-13-10/h7-8H,2-6,11H2,1H3. The van der Waals surface area contributed by atoms with E-state index < -0.39 is 0 Å². The molecule has 0 amide bonds. The van der Waals surface area contributed by atoms with Crippen LogP contribution in [0.4, 0.5) is 0 Å². The molecular weight excluding hydrogens is 178 g/mol. The third kappa shape index (κ3) is 3.81. The number of aromatic nitrogens is 2. The van der Waals surface area contributed by atoms with Crippen LogP contribution >= 0.6 is 0 Å². The second kappa shape index (κ2) is 6.45. The first kappa shape index (κ1) is 11.1. The highest BCUT2D eigenvalue weighted by atomic mass is 16.5. The van der Waals surface area contributed by atoms with E-state index in [-0.39, 0.29) is 0 Å².